The van der Waals surface area contributed by atoms with Gasteiger partial charge in [0.05, 0.1) is 18.7 Å². The molecule has 1 saturated heterocycles. The first-order chi connectivity index (χ1) is 14.4. The van der Waals surface area contributed by atoms with E-state index in [0.29, 0.717) is 12.0 Å². The molecule has 30 heavy (non-hydrogen) atoms. The molecule has 0 aromatic heterocycles. The summed E-state index contributed by atoms with van der Waals surface area (Å²) in [6, 6.07) is 13.8. The SMILES string of the molecule is CCC(=O)N1CC[C@H]2[C@H](CO)Nc3ccc(-c4ccc(C(=O)N(C)C)cc4)cc3[C@H]21. The largest absolute Gasteiger partial charge is 0.394 e. The predicted octanol–water partition coefficient (Wildman–Crippen LogP) is 3.14. The molecule has 0 bridgehead atoms. The number of rotatable bonds is 4. The van der Waals surface area contributed by atoms with E-state index in [4.69, 9.17) is 0 Å². The van der Waals surface area contributed by atoms with E-state index in [1.165, 1.54) is 0 Å². The molecule has 4 rings (SSSR count). The van der Waals surface area contributed by atoms with Crippen molar-refractivity contribution in [2.24, 2.45) is 5.92 Å². The van der Waals surface area contributed by atoms with Gasteiger partial charge in [-0.3, -0.25) is 9.59 Å². The smallest absolute Gasteiger partial charge is 0.253 e. The van der Waals surface area contributed by atoms with E-state index >= 15 is 0 Å². The third-order valence-corrected chi connectivity index (χ3v) is 6.36. The van der Waals surface area contributed by atoms with Crippen molar-refractivity contribution < 1.29 is 14.7 Å². The van der Waals surface area contributed by atoms with Crippen LogP contribution in [0.3, 0.4) is 0 Å². The van der Waals surface area contributed by atoms with Crippen LogP contribution in [0.4, 0.5) is 5.69 Å². The molecule has 0 spiro atoms. The fourth-order valence-electron chi connectivity index (χ4n) is 4.79. The topological polar surface area (TPSA) is 72.9 Å². The summed E-state index contributed by atoms with van der Waals surface area (Å²) in [5, 5.41) is 13.4. The number of amides is 2. The Morgan fingerprint density at radius 3 is 2.47 bits per heavy atom. The number of aliphatic hydroxyl groups excluding tert-OH is 1. The minimum Gasteiger partial charge on any atom is -0.394 e. The summed E-state index contributed by atoms with van der Waals surface area (Å²) in [7, 11) is 3.49. The molecule has 0 aliphatic carbocycles. The third kappa shape index (κ3) is 3.45. The zero-order valence-corrected chi connectivity index (χ0v) is 17.8. The fraction of sp³-hybridized carbons (Fsp3) is 0.417. The van der Waals surface area contributed by atoms with Gasteiger partial charge in [0.15, 0.2) is 0 Å². The Morgan fingerprint density at radius 2 is 1.83 bits per heavy atom. The molecular formula is C24H29N3O3. The molecule has 2 aliphatic rings. The van der Waals surface area contributed by atoms with Crippen LogP contribution in [0.1, 0.15) is 41.7 Å². The van der Waals surface area contributed by atoms with Gasteiger partial charge >= 0.3 is 0 Å². The number of aliphatic hydroxyl groups is 1. The second-order valence-electron chi connectivity index (χ2n) is 8.35. The maximum atomic E-state index is 12.6. The molecule has 0 radical (unpaired) electrons. The molecule has 2 aromatic rings. The van der Waals surface area contributed by atoms with Gasteiger partial charge < -0.3 is 20.2 Å². The molecule has 6 heteroatoms. The van der Waals surface area contributed by atoms with Gasteiger partial charge in [-0.2, -0.15) is 0 Å². The van der Waals surface area contributed by atoms with Crippen LogP contribution in [0.5, 0.6) is 0 Å². The van der Waals surface area contributed by atoms with Crippen LogP contribution >= 0.6 is 0 Å². The van der Waals surface area contributed by atoms with Crippen LogP contribution < -0.4 is 5.32 Å². The Balaban J connectivity index is 1.71. The lowest BCUT2D eigenvalue weighted by Gasteiger charge is -2.39. The number of hydrogen-bond donors (Lipinski definition) is 2. The summed E-state index contributed by atoms with van der Waals surface area (Å²) in [6.07, 6.45) is 1.37. The van der Waals surface area contributed by atoms with Gasteiger partial charge in [-0.05, 0) is 47.4 Å². The number of likely N-dealkylation sites (tertiary alicyclic amines) is 1. The van der Waals surface area contributed by atoms with Crippen LogP contribution in [-0.4, -0.2) is 60.0 Å². The van der Waals surface area contributed by atoms with Crippen LogP contribution in [0.25, 0.3) is 11.1 Å². The van der Waals surface area contributed by atoms with Gasteiger partial charge in [-0.1, -0.05) is 25.1 Å². The Hall–Kier alpha value is -2.86. The number of fused-ring (bicyclic) bond motifs is 3. The number of anilines is 1. The van der Waals surface area contributed by atoms with Gasteiger partial charge in [0.25, 0.3) is 5.91 Å². The number of carbonyl (C=O) groups is 2. The minimum absolute atomic E-state index is 0.0135. The van der Waals surface area contributed by atoms with Crippen molar-refractivity contribution in [2.45, 2.75) is 31.8 Å². The van der Waals surface area contributed by atoms with Gasteiger partial charge in [0.2, 0.25) is 5.91 Å². The molecule has 2 N–H and O–H groups in total. The summed E-state index contributed by atoms with van der Waals surface area (Å²) < 4.78 is 0. The second-order valence-corrected chi connectivity index (χ2v) is 8.35. The maximum Gasteiger partial charge on any atom is 0.253 e. The highest BCUT2D eigenvalue weighted by atomic mass is 16.3. The van der Waals surface area contributed by atoms with E-state index in [1.54, 1.807) is 19.0 Å². The van der Waals surface area contributed by atoms with Crippen LogP contribution in [0, 0.1) is 5.92 Å². The summed E-state index contributed by atoms with van der Waals surface area (Å²) in [5.41, 5.74) is 4.82. The molecule has 0 saturated carbocycles. The number of hydrogen-bond acceptors (Lipinski definition) is 4. The van der Waals surface area contributed by atoms with E-state index in [-0.39, 0.29) is 36.4 Å². The molecule has 1 fully saturated rings. The lowest BCUT2D eigenvalue weighted by atomic mass is 9.82. The quantitative estimate of drug-likeness (QED) is 0.817. The first kappa shape index (κ1) is 20.4. The first-order valence-electron chi connectivity index (χ1n) is 10.6. The Morgan fingerprint density at radius 1 is 1.13 bits per heavy atom. The minimum atomic E-state index is -0.0423. The van der Waals surface area contributed by atoms with Gasteiger partial charge in [0.1, 0.15) is 0 Å². The highest BCUT2D eigenvalue weighted by Gasteiger charge is 2.45. The van der Waals surface area contributed by atoms with Gasteiger partial charge in [-0.25, -0.2) is 0 Å². The summed E-state index contributed by atoms with van der Waals surface area (Å²) >= 11 is 0. The molecule has 158 valence electrons. The van der Waals surface area contributed by atoms with Crippen molar-refractivity contribution in [1.29, 1.82) is 0 Å². The van der Waals surface area contributed by atoms with Crippen molar-refractivity contribution in [2.75, 3.05) is 32.6 Å². The highest BCUT2D eigenvalue weighted by molar-refractivity contribution is 5.94. The zero-order chi connectivity index (χ0) is 21.4. The molecule has 2 aliphatic heterocycles. The van der Waals surface area contributed by atoms with Crippen LogP contribution in [0.15, 0.2) is 42.5 Å². The second kappa shape index (κ2) is 8.11. The van der Waals surface area contributed by atoms with E-state index < -0.39 is 0 Å². The zero-order valence-electron chi connectivity index (χ0n) is 17.8. The van der Waals surface area contributed by atoms with Crippen LogP contribution in [0.2, 0.25) is 0 Å². The highest BCUT2D eigenvalue weighted by Crippen LogP contribution is 2.47. The van der Waals surface area contributed by atoms with Gasteiger partial charge in [-0.15, -0.1) is 0 Å². The van der Waals surface area contributed by atoms with Crippen molar-refractivity contribution >= 4 is 17.5 Å². The predicted molar refractivity (Wildman–Crippen MR) is 117 cm³/mol. The average Bonchev–Trinajstić information content (AvgIpc) is 3.22. The van der Waals surface area contributed by atoms with E-state index in [9.17, 15) is 14.7 Å². The number of carbonyl (C=O) groups excluding carboxylic acids is 2. The molecule has 2 aromatic carbocycles. The molecule has 6 nitrogen and oxygen atoms in total. The van der Waals surface area contributed by atoms with Crippen LogP contribution in [-0.2, 0) is 4.79 Å². The normalized spacial score (nSPS) is 22.1. The molecule has 3 atom stereocenters. The maximum absolute atomic E-state index is 12.6. The lowest BCUT2D eigenvalue weighted by molar-refractivity contribution is -0.132. The molecule has 2 heterocycles. The fourth-order valence-corrected chi connectivity index (χ4v) is 4.79. The van der Waals surface area contributed by atoms with Crippen molar-refractivity contribution in [3.05, 3.63) is 53.6 Å². The van der Waals surface area contributed by atoms with Crippen molar-refractivity contribution in [3.8, 4) is 11.1 Å². The van der Waals surface area contributed by atoms with E-state index in [2.05, 4.69) is 11.4 Å². The standard InChI is InChI=1S/C24H29N3O3/c1-4-22(29)27-12-11-18-21(14-28)25-20-10-9-17(13-19(20)23(18)27)15-5-7-16(8-6-15)24(30)26(2)3/h5-10,13,18,21,23,25,28H,4,11-12,14H2,1-3H3/t18-,21-,23-/m0/s1. The van der Waals surface area contributed by atoms with E-state index in [0.717, 1.165) is 35.3 Å². The molecule has 0 unspecified atom stereocenters. The first-order valence-corrected chi connectivity index (χ1v) is 10.6. The number of nitrogens with zero attached hydrogens (tertiary/aromatic N) is 2. The number of benzene rings is 2. The van der Waals surface area contributed by atoms with Crippen molar-refractivity contribution in [3.63, 3.8) is 0 Å². The van der Waals surface area contributed by atoms with E-state index in [1.807, 2.05) is 48.2 Å². The van der Waals surface area contributed by atoms with Crippen molar-refractivity contribution in [1.82, 2.24) is 9.80 Å². The summed E-state index contributed by atoms with van der Waals surface area (Å²) in [6.45, 7) is 2.68. The average molecular weight is 408 g/mol. The Bertz CT molecular complexity index is 955. The Kier molecular flexibility index (Phi) is 5.52. The monoisotopic (exact) mass is 407 g/mol. The van der Waals surface area contributed by atoms with Gasteiger partial charge in [0, 0.05) is 44.2 Å². The molecule has 2 amide bonds. The Labute approximate surface area is 177 Å². The third-order valence-electron chi connectivity index (χ3n) is 6.36. The lowest BCUT2D eigenvalue weighted by Crippen LogP contribution is -2.42. The number of nitrogens with one attached hydrogen (secondary N) is 1. The summed E-state index contributed by atoms with van der Waals surface area (Å²) in [4.78, 5) is 28.3. The molecular weight excluding hydrogens is 378 g/mol. The summed E-state index contributed by atoms with van der Waals surface area (Å²) in [5.74, 6) is 0.339.